The molecule has 0 fully saturated rings. The third kappa shape index (κ3) is 3.16. The molecule has 0 aliphatic heterocycles. The van der Waals surface area contributed by atoms with Crippen LogP contribution < -0.4 is 15.4 Å². The number of nitrogen functional groups attached to an aromatic ring is 1. The van der Waals surface area contributed by atoms with E-state index in [0.717, 1.165) is 12.4 Å². The molecule has 0 amide bonds. The molecule has 0 atom stereocenters. The van der Waals surface area contributed by atoms with Crippen molar-refractivity contribution in [3.8, 4) is 5.88 Å². The second-order valence-electron chi connectivity index (χ2n) is 4.61. The van der Waals surface area contributed by atoms with Crippen LogP contribution >= 0.6 is 0 Å². The summed E-state index contributed by atoms with van der Waals surface area (Å²) in [7, 11) is 3.57. The number of nitrogens with zero attached hydrogens (tertiary/aromatic N) is 2. The molecule has 0 unspecified atom stereocenters. The van der Waals surface area contributed by atoms with Gasteiger partial charge in [-0.25, -0.2) is 0 Å². The summed E-state index contributed by atoms with van der Waals surface area (Å²) in [6.07, 6.45) is 0. The first-order valence-corrected chi connectivity index (χ1v) is 6.17. The van der Waals surface area contributed by atoms with Crippen LogP contribution in [0.3, 0.4) is 0 Å². The molecule has 1 heterocycles. The zero-order valence-electron chi connectivity index (χ0n) is 11.6. The smallest absolute Gasteiger partial charge is 0.238 e. The van der Waals surface area contributed by atoms with E-state index in [1.807, 2.05) is 19.2 Å². The molecule has 2 N–H and O–H groups in total. The number of anilines is 2. The molecule has 0 aliphatic carbocycles. The number of methoxy groups -OCH3 is 1. The Bertz CT molecular complexity index is 552. The highest BCUT2D eigenvalue weighted by molar-refractivity contribution is 5.54. The second kappa shape index (κ2) is 5.61. The van der Waals surface area contributed by atoms with Gasteiger partial charge in [-0.05, 0) is 24.6 Å². The number of aryl methyl sites for hydroxylation is 1. The van der Waals surface area contributed by atoms with Crippen LogP contribution in [0, 0.1) is 6.92 Å². The van der Waals surface area contributed by atoms with Crippen molar-refractivity contribution in [1.29, 1.82) is 0 Å². The van der Waals surface area contributed by atoms with Crippen molar-refractivity contribution >= 4 is 11.5 Å². The molecule has 100 valence electrons. The Morgan fingerprint density at radius 2 is 1.84 bits per heavy atom. The predicted molar refractivity (Wildman–Crippen MR) is 78.5 cm³/mol. The van der Waals surface area contributed by atoms with Gasteiger partial charge in [-0.1, -0.05) is 29.8 Å². The van der Waals surface area contributed by atoms with Crippen LogP contribution in [0.4, 0.5) is 11.5 Å². The summed E-state index contributed by atoms with van der Waals surface area (Å²) in [6.45, 7) is 2.88. The van der Waals surface area contributed by atoms with Crippen molar-refractivity contribution in [2.45, 2.75) is 13.5 Å². The van der Waals surface area contributed by atoms with Crippen molar-refractivity contribution in [2.24, 2.45) is 0 Å². The molecule has 0 saturated carbocycles. The topological polar surface area (TPSA) is 51.4 Å². The van der Waals surface area contributed by atoms with Crippen LogP contribution in [0.25, 0.3) is 0 Å². The number of hydrogen-bond acceptors (Lipinski definition) is 4. The van der Waals surface area contributed by atoms with Gasteiger partial charge in [-0.15, -0.1) is 0 Å². The minimum absolute atomic E-state index is 0.466. The first-order chi connectivity index (χ1) is 9.10. The van der Waals surface area contributed by atoms with Crippen LogP contribution in [0.2, 0.25) is 0 Å². The van der Waals surface area contributed by atoms with E-state index in [1.165, 1.54) is 11.1 Å². The Balaban J connectivity index is 2.15. The van der Waals surface area contributed by atoms with E-state index in [2.05, 4.69) is 41.1 Å². The molecule has 0 bridgehead atoms. The van der Waals surface area contributed by atoms with Crippen LogP contribution in [0.5, 0.6) is 5.88 Å². The highest BCUT2D eigenvalue weighted by Gasteiger charge is 2.07. The lowest BCUT2D eigenvalue weighted by Crippen LogP contribution is -2.18. The van der Waals surface area contributed by atoms with Crippen LogP contribution in [-0.2, 0) is 6.54 Å². The molecule has 2 aromatic rings. The van der Waals surface area contributed by atoms with Gasteiger partial charge in [0.15, 0.2) is 0 Å². The normalized spacial score (nSPS) is 10.3. The number of aromatic nitrogens is 1. The van der Waals surface area contributed by atoms with Gasteiger partial charge in [0.1, 0.15) is 5.82 Å². The summed E-state index contributed by atoms with van der Waals surface area (Å²) >= 11 is 0. The average molecular weight is 257 g/mol. The Kier molecular flexibility index (Phi) is 3.90. The van der Waals surface area contributed by atoms with E-state index in [9.17, 15) is 0 Å². The number of rotatable bonds is 4. The largest absolute Gasteiger partial charge is 0.479 e. The Labute approximate surface area is 113 Å². The number of benzene rings is 1. The highest BCUT2D eigenvalue weighted by atomic mass is 16.5. The Morgan fingerprint density at radius 1 is 1.16 bits per heavy atom. The van der Waals surface area contributed by atoms with Gasteiger partial charge in [0.25, 0.3) is 0 Å². The molecule has 4 nitrogen and oxygen atoms in total. The predicted octanol–water partition coefficient (Wildman–Crippen LogP) is 2.62. The summed E-state index contributed by atoms with van der Waals surface area (Å²) in [4.78, 5) is 6.45. The molecular weight excluding hydrogens is 238 g/mol. The minimum atomic E-state index is 0.466. The van der Waals surface area contributed by atoms with Crippen molar-refractivity contribution in [3.63, 3.8) is 0 Å². The van der Waals surface area contributed by atoms with Gasteiger partial charge >= 0.3 is 0 Å². The molecule has 0 spiro atoms. The van der Waals surface area contributed by atoms with Crippen LogP contribution in [0.15, 0.2) is 36.4 Å². The zero-order chi connectivity index (χ0) is 13.8. The number of hydrogen-bond donors (Lipinski definition) is 1. The summed E-state index contributed by atoms with van der Waals surface area (Å²) in [5.74, 6) is 1.31. The molecule has 4 heteroatoms. The van der Waals surface area contributed by atoms with Gasteiger partial charge in [-0.3, -0.25) is 0 Å². The van der Waals surface area contributed by atoms with Crippen molar-refractivity contribution in [3.05, 3.63) is 47.5 Å². The molecule has 19 heavy (non-hydrogen) atoms. The second-order valence-corrected chi connectivity index (χ2v) is 4.61. The van der Waals surface area contributed by atoms with E-state index < -0.39 is 0 Å². The third-order valence-corrected chi connectivity index (χ3v) is 3.00. The SMILES string of the molecule is COc1nc(N(C)Cc2ccc(C)cc2)ccc1N. The van der Waals surface area contributed by atoms with Gasteiger partial charge in [-0.2, -0.15) is 4.98 Å². The fourth-order valence-electron chi connectivity index (χ4n) is 1.87. The molecule has 1 aromatic heterocycles. The lowest BCUT2D eigenvalue weighted by atomic mass is 10.1. The standard InChI is InChI=1S/C15H19N3O/c1-11-4-6-12(7-5-11)10-18(2)14-9-8-13(16)15(17-14)19-3/h4-9H,10,16H2,1-3H3. The molecular formula is C15H19N3O. The summed E-state index contributed by atoms with van der Waals surface area (Å²) < 4.78 is 5.14. The summed E-state index contributed by atoms with van der Waals surface area (Å²) in [6, 6.07) is 12.2. The van der Waals surface area contributed by atoms with Crippen molar-refractivity contribution in [1.82, 2.24) is 4.98 Å². The lowest BCUT2D eigenvalue weighted by molar-refractivity contribution is 0.400. The minimum Gasteiger partial charge on any atom is -0.479 e. The summed E-state index contributed by atoms with van der Waals surface area (Å²) in [5.41, 5.74) is 8.82. The number of nitrogens with two attached hydrogens (primary N) is 1. The molecule has 0 radical (unpaired) electrons. The maximum atomic E-state index is 5.76. The quantitative estimate of drug-likeness (QED) is 0.914. The maximum absolute atomic E-state index is 5.76. The van der Waals surface area contributed by atoms with Crippen LogP contribution in [-0.4, -0.2) is 19.1 Å². The molecule has 0 saturated heterocycles. The first-order valence-electron chi connectivity index (χ1n) is 6.17. The monoisotopic (exact) mass is 257 g/mol. The van der Waals surface area contributed by atoms with Crippen molar-refractivity contribution in [2.75, 3.05) is 24.8 Å². The Morgan fingerprint density at radius 3 is 2.47 bits per heavy atom. The van der Waals surface area contributed by atoms with Crippen molar-refractivity contribution < 1.29 is 4.74 Å². The fraction of sp³-hybridized carbons (Fsp3) is 0.267. The van der Waals surface area contributed by atoms with Crippen LogP contribution in [0.1, 0.15) is 11.1 Å². The van der Waals surface area contributed by atoms with E-state index in [0.29, 0.717) is 11.6 Å². The van der Waals surface area contributed by atoms with Gasteiger partial charge in [0, 0.05) is 13.6 Å². The van der Waals surface area contributed by atoms with Gasteiger partial charge in [0.2, 0.25) is 5.88 Å². The summed E-state index contributed by atoms with van der Waals surface area (Å²) in [5, 5.41) is 0. The van der Waals surface area contributed by atoms with E-state index in [4.69, 9.17) is 10.5 Å². The molecule has 2 rings (SSSR count). The zero-order valence-corrected chi connectivity index (χ0v) is 11.6. The first kappa shape index (κ1) is 13.2. The van der Waals surface area contributed by atoms with E-state index >= 15 is 0 Å². The number of ether oxygens (including phenoxy) is 1. The van der Waals surface area contributed by atoms with E-state index in [-0.39, 0.29) is 0 Å². The maximum Gasteiger partial charge on any atom is 0.238 e. The van der Waals surface area contributed by atoms with Gasteiger partial charge < -0.3 is 15.4 Å². The average Bonchev–Trinajstić information content (AvgIpc) is 2.42. The third-order valence-electron chi connectivity index (χ3n) is 3.00. The molecule has 0 aliphatic rings. The molecule has 1 aromatic carbocycles. The van der Waals surface area contributed by atoms with E-state index in [1.54, 1.807) is 7.11 Å². The fourth-order valence-corrected chi connectivity index (χ4v) is 1.87. The number of pyridine rings is 1. The highest BCUT2D eigenvalue weighted by Crippen LogP contribution is 2.22. The van der Waals surface area contributed by atoms with Gasteiger partial charge in [0.05, 0.1) is 12.8 Å². The Hall–Kier alpha value is -2.23. The lowest BCUT2D eigenvalue weighted by Gasteiger charge is -2.19.